The molecule has 2 aromatic carbocycles. The van der Waals surface area contributed by atoms with Gasteiger partial charge in [-0.05, 0) is 62.4 Å². The number of methoxy groups -OCH3 is 1. The molecular weight excluding hydrogens is 440 g/mol. The van der Waals surface area contributed by atoms with E-state index < -0.39 is 10.0 Å². The molecule has 1 heterocycles. The number of hydrogen-bond acceptors (Lipinski definition) is 5. The number of ether oxygens (including phenoxy) is 2. The molecule has 2 aromatic rings. The number of hydrogen-bond donors (Lipinski definition) is 1. The number of aryl methyl sites for hydroxylation is 1. The highest BCUT2D eigenvalue weighted by Gasteiger charge is 2.32. The highest BCUT2D eigenvalue weighted by atomic mass is 32.2. The monoisotopic (exact) mass is 474 g/mol. The summed E-state index contributed by atoms with van der Waals surface area (Å²) >= 11 is 0. The maximum Gasteiger partial charge on any atom is 0.224 e. The predicted octanol–water partition coefficient (Wildman–Crippen LogP) is 3.25. The molecule has 0 aliphatic carbocycles. The Kier molecular flexibility index (Phi) is 9.14. The van der Waals surface area contributed by atoms with Crippen LogP contribution in [-0.4, -0.2) is 57.2 Å². The van der Waals surface area contributed by atoms with Crippen molar-refractivity contribution in [2.75, 3.05) is 32.6 Å². The fourth-order valence-electron chi connectivity index (χ4n) is 3.94. The zero-order valence-corrected chi connectivity index (χ0v) is 20.2. The minimum absolute atomic E-state index is 0.0995. The Hall–Kier alpha value is -2.58. The first-order valence-corrected chi connectivity index (χ1v) is 13.1. The van der Waals surface area contributed by atoms with Crippen molar-refractivity contribution in [3.05, 3.63) is 60.2 Å². The zero-order chi connectivity index (χ0) is 23.7. The first kappa shape index (κ1) is 25.1. The third-order valence-electron chi connectivity index (χ3n) is 5.81. The molecule has 33 heavy (non-hydrogen) atoms. The molecule has 8 heteroatoms. The van der Waals surface area contributed by atoms with Gasteiger partial charge in [0.15, 0.2) is 0 Å². The number of amides is 1. The van der Waals surface area contributed by atoms with Gasteiger partial charge in [0, 0.05) is 13.1 Å². The average Bonchev–Trinajstić information content (AvgIpc) is 2.83. The molecule has 2 unspecified atom stereocenters. The smallest absolute Gasteiger partial charge is 0.224 e. The summed E-state index contributed by atoms with van der Waals surface area (Å²) in [5, 5.41) is 2.97. The van der Waals surface area contributed by atoms with Crippen LogP contribution in [0.3, 0.4) is 0 Å². The normalized spacial score (nSPS) is 17.8. The standard InChI is InChI=1S/C25H34N2O5S/c1-20(19-32-24-14-12-23(31-2)13-15-24)26-25(28)22-11-6-16-27(18-22)33(29,30)17-7-10-21-8-4-3-5-9-21/h3-5,8-9,12-15,20,22H,6-7,10-11,16-19H2,1-2H3,(H,26,28). The van der Waals surface area contributed by atoms with Gasteiger partial charge in [0.2, 0.25) is 15.9 Å². The van der Waals surface area contributed by atoms with Crippen LogP contribution >= 0.6 is 0 Å². The summed E-state index contributed by atoms with van der Waals surface area (Å²) in [6.45, 7) is 2.92. The van der Waals surface area contributed by atoms with E-state index in [0.29, 0.717) is 38.2 Å². The Morgan fingerprint density at radius 1 is 1.12 bits per heavy atom. The van der Waals surface area contributed by atoms with Crippen molar-refractivity contribution < 1.29 is 22.7 Å². The van der Waals surface area contributed by atoms with E-state index in [4.69, 9.17) is 9.47 Å². The van der Waals surface area contributed by atoms with Crippen LogP contribution in [0.25, 0.3) is 0 Å². The van der Waals surface area contributed by atoms with E-state index in [9.17, 15) is 13.2 Å². The molecule has 1 N–H and O–H groups in total. The largest absolute Gasteiger partial charge is 0.497 e. The summed E-state index contributed by atoms with van der Waals surface area (Å²) in [6, 6.07) is 16.9. The van der Waals surface area contributed by atoms with Gasteiger partial charge in [0.1, 0.15) is 18.1 Å². The van der Waals surface area contributed by atoms with Crippen molar-refractivity contribution in [2.45, 2.75) is 38.6 Å². The fraction of sp³-hybridized carbons (Fsp3) is 0.480. The van der Waals surface area contributed by atoms with Gasteiger partial charge in [-0.2, -0.15) is 0 Å². The molecule has 0 radical (unpaired) electrons. The highest BCUT2D eigenvalue weighted by molar-refractivity contribution is 7.89. The van der Waals surface area contributed by atoms with Gasteiger partial charge < -0.3 is 14.8 Å². The van der Waals surface area contributed by atoms with Gasteiger partial charge in [0.25, 0.3) is 0 Å². The van der Waals surface area contributed by atoms with Crippen LogP contribution < -0.4 is 14.8 Å². The van der Waals surface area contributed by atoms with Crippen molar-refractivity contribution in [1.82, 2.24) is 9.62 Å². The van der Waals surface area contributed by atoms with Gasteiger partial charge in [0.05, 0.1) is 24.8 Å². The molecule has 0 bridgehead atoms. The van der Waals surface area contributed by atoms with E-state index in [0.717, 1.165) is 17.7 Å². The first-order chi connectivity index (χ1) is 15.9. The molecule has 1 fully saturated rings. The summed E-state index contributed by atoms with van der Waals surface area (Å²) in [5.41, 5.74) is 1.13. The lowest BCUT2D eigenvalue weighted by Crippen LogP contribution is -2.48. The highest BCUT2D eigenvalue weighted by Crippen LogP contribution is 2.21. The number of nitrogens with one attached hydrogen (secondary N) is 1. The molecular formula is C25H34N2O5S. The second kappa shape index (κ2) is 12.0. The molecule has 1 aliphatic heterocycles. The van der Waals surface area contributed by atoms with Gasteiger partial charge in [-0.3, -0.25) is 4.79 Å². The Morgan fingerprint density at radius 3 is 2.52 bits per heavy atom. The summed E-state index contributed by atoms with van der Waals surface area (Å²) in [7, 11) is -1.78. The predicted molar refractivity (Wildman–Crippen MR) is 129 cm³/mol. The quantitative estimate of drug-likeness (QED) is 0.540. The molecule has 1 amide bonds. The van der Waals surface area contributed by atoms with Gasteiger partial charge in [-0.15, -0.1) is 0 Å². The van der Waals surface area contributed by atoms with Crippen molar-refractivity contribution in [3.63, 3.8) is 0 Å². The minimum Gasteiger partial charge on any atom is -0.497 e. The lowest BCUT2D eigenvalue weighted by molar-refractivity contribution is -0.126. The lowest BCUT2D eigenvalue weighted by atomic mass is 9.98. The van der Waals surface area contributed by atoms with Crippen molar-refractivity contribution in [2.24, 2.45) is 5.92 Å². The van der Waals surface area contributed by atoms with Crippen LogP contribution in [0.5, 0.6) is 11.5 Å². The van der Waals surface area contributed by atoms with Crippen molar-refractivity contribution >= 4 is 15.9 Å². The van der Waals surface area contributed by atoms with Crippen LogP contribution in [0.1, 0.15) is 31.7 Å². The molecule has 7 nitrogen and oxygen atoms in total. The van der Waals surface area contributed by atoms with Gasteiger partial charge >= 0.3 is 0 Å². The molecule has 0 aromatic heterocycles. The molecule has 180 valence electrons. The Morgan fingerprint density at radius 2 is 1.82 bits per heavy atom. The topological polar surface area (TPSA) is 84.9 Å². The molecule has 2 atom stereocenters. The average molecular weight is 475 g/mol. The summed E-state index contributed by atoms with van der Waals surface area (Å²) < 4.78 is 38.0. The number of nitrogens with zero attached hydrogens (tertiary/aromatic N) is 1. The van der Waals surface area contributed by atoms with Gasteiger partial charge in [-0.25, -0.2) is 12.7 Å². The van der Waals surface area contributed by atoms with E-state index in [-0.39, 0.29) is 30.2 Å². The second-order valence-electron chi connectivity index (χ2n) is 8.50. The van der Waals surface area contributed by atoms with E-state index in [2.05, 4.69) is 5.32 Å². The number of sulfonamides is 1. The van der Waals surface area contributed by atoms with E-state index in [1.807, 2.05) is 61.5 Å². The first-order valence-electron chi connectivity index (χ1n) is 11.5. The lowest BCUT2D eigenvalue weighted by Gasteiger charge is -2.32. The van der Waals surface area contributed by atoms with Gasteiger partial charge in [-0.1, -0.05) is 30.3 Å². The molecule has 0 saturated carbocycles. The molecule has 1 aliphatic rings. The van der Waals surface area contributed by atoms with Crippen LogP contribution in [0.15, 0.2) is 54.6 Å². The summed E-state index contributed by atoms with van der Waals surface area (Å²) in [4.78, 5) is 12.8. The van der Waals surface area contributed by atoms with Crippen LogP contribution in [0, 0.1) is 5.92 Å². The number of benzene rings is 2. The number of carbonyl (C=O) groups excluding carboxylic acids is 1. The third kappa shape index (κ3) is 7.75. The Bertz CT molecular complexity index is 980. The van der Waals surface area contributed by atoms with E-state index in [1.165, 1.54) is 4.31 Å². The number of rotatable bonds is 11. The number of piperidine rings is 1. The van der Waals surface area contributed by atoms with Crippen LogP contribution in [0.2, 0.25) is 0 Å². The van der Waals surface area contributed by atoms with Crippen LogP contribution in [0.4, 0.5) is 0 Å². The zero-order valence-electron chi connectivity index (χ0n) is 19.4. The Balaban J connectivity index is 1.44. The maximum atomic E-state index is 12.8. The fourth-order valence-corrected chi connectivity index (χ4v) is 5.52. The number of carbonyl (C=O) groups is 1. The second-order valence-corrected chi connectivity index (χ2v) is 10.6. The summed E-state index contributed by atoms with van der Waals surface area (Å²) in [6.07, 6.45) is 2.67. The molecule has 0 spiro atoms. The SMILES string of the molecule is COc1ccc(OCC(C)NC(=O)C2CCCN(S(=O)(=O)CCCc3ccccc3)C2)cc1. The van der Waals surface area contributed by atoms with E-state index >= 15 is 0 Å². The summed E-state index contributed by atoms with van der Waals surface area (Å²) in [5.74, 6) is 1.08. The third-order valence-corrected chi connectivity index (χ3v) is 7.73. The molecule has 3 rings (SSSR count). The Labute approximate surface area is 197 Å². The van der Waals surface area contributed by atoms with Crippen molar-refractivity contribution in [1.29, 1.82) is 0 Å². The maximum absolute atomic E-state index is 12.8. The van der Waals surface area contributed by atoms with Crippen molar-refractivity contribution in [3.8, 4) is 11.5 Å². The molecule has 1 saturated heterocycles. The van der Waals surface area contributed by atoms with Crippen LogP contribution in [-0.2, 0) is 21.2 Å². The van der Waals surface area contributed by atoms with E-state index in [1.54, 1.807) is 7.11 Å². The minimum atomic E-state index is -3.38.